The predicted octanol–water partition coefficient (Wildman–Crippen LogP) is 5.03. The minimum atomic E-state index is -1.03. The van der Waals surface area contributed by atoms with E-state index in [4.69, 9.17) is 4.74 Å². The molecule has 0 aliphatic rings. The van der Waals surface area contributed by atoms with Crippen molar-refractivity contribution in [3.8, 4) is 17.0 Å². The van der Waals surface area contributed by atoms with Crippen molar-refractivity contribution >= 4 is 28.9 Å². The van der Waals surface area contributed by atoms with Gasteiger partial charge >= 0.3 is 0 Å². The lowest BCUT2D eigenvalue weighted by Gasteiger charge is -2.11. The fourth-order valence-electron chi connectivity index (χ4n) is 3.19. The molecule has 4 rings (SSSR count). The summed E-state index contributed by atoms with van der Waals surface area (Å²) in [4.78, 5) is 9.93. The number of ether oxygens (including phenoxy) is 1. The molecule has 162 valence electrons. The van der Waals surface area contributed by atoms with Crippen LogP contribution in [0.15, 0.2) is 53.8 Å². The summed E-state index contributed by atoms with van der Waals surface area (Å²) in [5.74, 6) is -1.64. The van der Waals surface area contributed by atoms with Crippen molar-refractivity contribution in [2.75, 3.05) is 25.7 Å². The smallest absolute Gasteiger partial charge is 0.201 e. The van der Waals surface area contributed by atoms with Crippen LogP contribution in [0, 0.1) is 18.6 Å². The summed E-state index contributed by atoms with van der Waals surface area (Å²) in [6.45, 7) is 2.04. The molecule has 0 aliphatic heterocycles. The topological polar surface area (TPSA) is 77.5 Å². The molecular formula is C22H23F2N5OS. The maximum atomic E-state index is 14.6. The summed E-state index contributed by atoms with van der Waals surface area (Å²) in [5.41, 5.74) is 7.53. The summed E-state index contributed by atoms with van der Waals surface area (Å²) >= 11 is 1.68. The molecule has 0 radical (unpaired) electrons. The number of rotatable bonds is 5. The summed E-state index contributed by atoms with van der Waals surface area (Å²) in [6, 6.07) is 8.89. The van der Waals surface area contributed by atoms with Crippen molar-refractivity contribution in [3.63, 3.8) is 0 Å². The molecule has 0 fully saturated rings. The van der Waals surface area contributed by atoms with E-state index >= 15 is 0 Å². The molecule has 31 heavy (non-hydrogen) atoms. The quantitative estimate of drug-likeness (QED) is 0.421. The lowest BCUT2D eigenvalue weighted by atomic mass is 10.1. The van der Waals surface area contributed by atoms with Crippen LogP contribution < -0.4 is 15.8 Å². The van der Waals surface area contributed by atoms with Crippen molar-refractivity contribution in [1.29, 1.82) is 0 Å². The Morgan fingerprint density at radius 3 is 2.55 bits per heavy atom. The zero-order valence-corrected chi connectivity index (χ0v) is 18.4. The Hall–Kier alpha value is -3.17. The van der Waals surface area contributed by atoms with Crippen molar-refractivity contribution < 1.29 is 13.5 Å². The Kier molecular flexibility index (Phi) is 7.09. The lowest BCUT2D eigenvalue weighted by Crippen LogP contribution is -2.00. The van der Waals surface area contributed by atoms with E-state index in [0.717, 1.165) is 11.3 Å². The maximum Gasteiger partial charge on any atom is 0.201 e. The summed E-state index contributed by atoms with van der Waals surface area (Å²) in [6.07, 6.45) is 6.77. The Bertz CT molecular complexity index is 1210. The highest BCUT2D eigenvalue weighted by atomic mass is 32.2. The van der Waals surface area contributed by atoms with E-state index in [2.05, 4.69) is 21.0 Å². The molecule has 9 heteroatoms. The maximum absolute atomic E-state index is 14.6. The van der Waals surface area contributed by atoms with Gasteiger partial charge in [-0.2, -0.15) is 4.39 Å². The van der Waals surface area contributed by atoms with Gasteiger partial charge in [0.1, 0.15) is 0 Å². The number of anilines is 2. The van der Waals surface area contributed by atoms with Crippen LogP contribution in [0.5, 0.6) is 5.75 Å². The molecule has 2 heterocycles. The second kappa shape index (κ2) is 9.76. The average molecular weight is 444 g/mol. The highest BCUT2D eigenvalue weighted by molar-refractivity contribution is 7.98. The van der Waals surface area contributed by atoms with E-state index in [-0.39, 0.29) is 11.3 Å². The van der Waals surface area contributed by atoms with E-state index in [1.807, 2.05) is 31.4 Å². The van der Waals surface area contributed by atoms with Gasteiger partial charge < -0.3 is 15.8 Å². The first-order valence-corrected chi connectivity index (χ1v) is 10.6. The van der Waals surface area contributed by atoms with E-state index in [1.54, 1.807) is 28.6 Å². The lowest BCUT2D eigenvalue weighted by molar-refractivity contribution is 0.372. The number of imidazole rings is 1. The standard InChI is InChI=1S/C21H18F2N4OS.CH5N/c1-12-10-13(4-7-17(12)29-3)26-20-21-25-11-15(27(21)9-8-24-20)14-5-6-16(28-2)19(23)18(14)22;1-2/h4-11H,1-3H3,(H,24,26);2H2,1H3. The van der Waals surface area contributed by atoms with E-state index in [9.17, 15) is 8.78 Å². The average Bonchev–Trinajstić information content (AvgIpc) is 3.22. The first-order chi connectivity index (χ1) is 15.0. The first-order valence-electron chi connectivity index (χ1n) is 9.37. The molecule has 0 bridgehead atoms. The number of nitrogens with zero attached hydrogens (tertiary/aromatic N) is 3. The minimum Gasteiger partial charge on any atom is -0.494 e. The van der Waals surface area contributed by atoms with E-state index < -0.39 is 11.6 Å². The number of nitrogens with two attached hydrogens (primary N) is 1. The van der Waals surface area contributed by atoms with Crippen LogP contribution in [-0.2, 0) is 0 Å². The molecule has 0 saturated heterocycles. The number of aromatic nitrogens is 3. The normalized spacial score (nSPS) is 10.5. The molecular weight excluding hydrogens is 420 g/mol. The van der Waals surface area contributed by atoms with E-state index in [1.165, 1.54) is 37.4 Å². The zero-order valence-electron chi connectivity index (χ0n) is 17.6. The van der Waals surface area contributed by atoms with Crippen molar-refractivity contribution in [1.82, 2.24) is 14.4 Å². The third-order valence-electron chi connectivity index (χ3n) is 4.63. The van der Waals surface area contributed by atoms with Crippen molar-refractivity contribution in [3.05, 3.63) is 66.1 Å². The number of hydrogen-bond donors (Lipinski definition) is 2. The van der Waals surface area contributed by atoms with Crippen LogP contribution in [0.25, 0.3) is 16.9 Å². The van der Waals surface area contributed by atoms with Crippen LogP contribution in [0.1, 0.15) is 5.56 Å². The van der Waals surface area contributed by atoms with Gasteiger partial charge in [0.15, 0.2) is 23.0 Å². The summed E-state index contributed by atoms with van der Waals surface area (Å²) in [7, 11) is 2.79. The summed E-state index contributed by atoms with van der Waals surface area (Å²) < 4.78 is 35.2. The van der Waals surface area contributed by atoms with Gasteiger partial charge in [-0.05, 0) is 56.1 Å². The Balaban J connectivity index is 0.00000132. The fourth-order valence-corrected chi connectivity index (χ4v) is 3.77. The van der Waals surface area contributed by atoms with Crippen LogP contribution in [0.2, 0.25) is 0 Å². The second-order valence-electron chi connectivity index (χ2n) is 6.37. The highest BCUT2D eigenvalue weighted by Gasteiger charge is 2.19. The molecule has 0 saturated carbocycles. The molecule has 4 aromatic rings. The number of thioether (sulfide) groups is 1. The molecule has 0 amide bonds. The number of benzene rings is 2. The number of halogens is 2. The SMILES string of the molecule is CN.COc1ccc(-c2cnc3c(Nc4ccc(SC)c(C)c4)nccn23)c(F)c1F. The van der Waals surface area contributed by atoms with Gasteiger partial charge in [-0.1, -0.05) is 0 Å². The van der Waals surface area contributed by atoms with Crippen molar-refractivity contribution in [2.45, 2.75) is 11.8 Å². The largest absolute Gasteiger partial charge is 0.494 e. The monoisotopic (exact) mass is 443 g/mol. The predicted molar refractivity (Wildman–Crippen MR) is 121 cm³/mol. The van der Waals surface area contributed by atoms with Gasteiger partial charge in [0, 0.05) is 28.5 Å². The number of nitrogens with one attached hydrogen (secondary N) is 1. The van der Waals surface area contributed by atoms with Gasteiger partial charge in [-0.15, -0.1) is 11.8 Å². The minimum absolute atomic E-state index is 0.0908. The van der Waals surface area contributed by atoms with Gasteiger partial charge in [0.2, 0.25) is 5.82 Å². The van der Waals surface area contributed by atoms with Crippen molar-refractivity contribution in [2.24, 2.45) is 5.73 Å². The number of methoxy groups -OCH3 is 1. The molecule has 0 aliphatic carbocycles. The van der Waals surface area contributed by atoms with Crippen LogP contribution in [0.3, 0.4) is 0 Å². The Labute approximate surface area is 183 Å². The number of aryl methyl sites for hydroxylation is 1. The number of fused-ring (bicyclic) bond motifs is 1. The molecule has 2 aromatic heterocycles. The molecule has 0 spiro atoms. The fraction of sp³-hybridized carbons (Fsp3) is 0.182. The van der Waals surface area contributed by atoms with Crippen LogP contribution >= 0.6 is 11.8 Å². The summed E-state index contributed by atoms with van der Waals surface area (Å²) in [5, 5.41) is 3.26. The third-order valence-corrected chi connectivity index (χ3v) is 5.53. The van der Waals surface area contributed by atoms with Crippen LogP contribution in [-0.4, -0.2) is 34.8 Å². The molecule has 6 nitrogen and oxygen atoms in total. The number of hydrogen-bond acceptors (Lipinski definition) is 6. The van der Waals surface area contributed by atoms with Gasteiger partial charge in [-0.25, -0.2) is 14.4 Å². The Morgan fingerprint density at radius 1 is 1.10 bits per heavy atom. The van der Waals surface area contributed by atoms with Gasteiger partial charge in [0.05, 0.1) is 19.0 Å². The van der Waals surface area contributed by atoms with Gasteiger partial charge in [0.25, 0.3) is 0 Å². The van der Waals surface area contributed by atoms with Crippen LogP contribution in [0.4, 0.5) is 20.3 Å². The third kappa shape index (κ3) is 4.33. The van der Waals surface area contributed by atoms with E-state index in [0.29, 0.717) is 17.2 Å². The second-order valence-corrected chi connectivity index (χ2v) is 7.21. The Morgan fingerprint density at radius 2 is 1.87 bits per heavy atom. The zero-order chi connectivity index (χ0) is 22.5. The first kappa shape index (κ1) is 22.5. The highest BCUT2D eigenvalue weighted by Crippen LogP contribution is 2.32. The molecule has 0 atom stereocenters. The molecule has 0 unspecified atom stereocenters. The molecule has 2 aromatic carbocycles. The van der Waals surface area contributed by atoms with Gasteiger partial charge in [-0.3, -0.25) is 4.40 Å². The molecule has 3 N–H and O–H groups in total.